The molecule has 0 heterocycles. The van der Waals surface area contributed by atoms with Crippen LogP contribution in [0.25, 0.3) is 0 Å². The van der Waals surface area contributed by atoms with E-state index in [1.54, 1.807) is 31.4 Å². The molecule has 2 N–H and O–H groups in total. The summed E-state index contributed by atoms with van der Waals surface area (Å²) in [7, 11) is -2.42. The third kappa shape index (κ3) is 5.33. The van der Waals surface area contributed by atoms with Crippen LogP contribution in [0.2, 0.25) is 0 Å². The molecule has 0 saturated carbocycles. The summed E-state index contributed by atoms with van der Waals surface area (Å²) in [4.78, 5) is 12.6. The maximum Gasteiger partial charge on any atom is 0.258 e. The lowest BCUT2D eigenvalue weighted by molar-refractivity contribution is 0.102. The van der Waals surface area contributed by atoms with Gasteiger partial charge in [-0.2, -0.15) is 0 Å². The molecule has 0 spiro atoms. The van der Waals surface area contributed by atoms with Gasteiger partial charge in [0, 0.05) is 12.2 Å². The zero-order chi connectivity index (χ0) is 23.3. The highest BCUT2D eigenvalue weighted by Gasteiger charge is 2.20. The molecule has 8 heteroatoms. The molecule has 3 aromatic rings. The maximum atomic E-state index is 14.4. The first-order valence-electron chi connectivity index (χ1n) is 10.1. The number of para-hydroxylation sites is 1. The highest BCUT2D eigenvalue weighted by Crippen LogP contribution is 2.23. The van der Waals surface area contributed by atoms with E-state index < -0.39 is 21.7 Å². The molecular weight excluding hydrogens is 431 g/mol. The molecule has 0 saturated heterocycles. The van der Waals surface area contributed by atoms with E-state index in [-0.39, 0.29) is 17.0 Å². The van der Waals surface area contributed by atoms with Crippen molar-refractivity contribution in [3.63, 3.8) is 0 Å². The summed E-state index contributed by atoms with van der Waals surface area (Å²) in [5, 5.41) is 2.73. The zero-order valence-corrected chi connectivity index (χ0v) is 18.9. The average Bonchev–Trinajstić information content (AvgIpc) is 2.79. The van der Waals surface area contributed by atoms with Gasteiger partial charge in [-0.25, -0.2) is 17.5 Å². The number of methoxy groups -OCH3 is 1. The largest absolute Gasteiger partial charge is 0.497 e. The fourth-order valence-electron chi connectivity index (χ4n) is 3.23. The van der Waals surface area contributed by atoms with Crippen LogP contribution in [0.4, 0.5) is 10.1 Å². The molecule has 0 bridgehead atoms. The first kappa shape index (κ1) is 23.4. The number of amides is 1. The summed E-state index contributed by atoms with van der Waals surface area (Å²) in [6.07, 6.45) is 0.684. The van der Waals surface area contributed by atoms with Gasteiger partial charge in [-0.1, -0.05) is 37.3 Å². The SMILES string of the molecule is CCc1cccc(C)c1NC(=O)c1cc(S(=O)(=O)NCc2ccc(OC)cc2)ccc1F. The lowest BCUT2D eigenvalue weighted by Gasteiger charge is -2.14. The van der Waals surface area contributed by atoms with Crippen molar-refractivity contribution >= 4 is 21.6 Å². The molecule has 0 aliphatic rings. The van der Waals surface area contributed by atoms with E-state index in [9.17, 15) is 17.6 Å². The zero-order valence-electron chi connectivity index (χ0n) is 18.1. The van der Waals surface area contributed by atoms with Gasteiger partial charge in [-0.3, -0.25) is 4.79 Å². The molecular formula is C24H25FN2O4S. The molecule has 1 amide bonds. The van der Waals surface area contributed by atoms with Crippen LogP contribution >= 0.6 is 0 Å². The molecule has 6 nitrogen and oxygen atoms in total. The van der Waals surface area contributed by atoms with E-state index in [1.165, 1.54) is 0 Å². The van der Waals surface area contributed by atoms with Crippen molar-refractivity contribution in [1.29, 1.82) is 0 Å². The average molecular weight is 457 g/mol. The standard InChI is InChI=1S/C24H25FN2O4S/c1-4-18-7-5-6-16(2)23(18)27-24(28)21-14-20(12-13-22(21)25)32(29,30)26-15-17-8-10-19(31-3)11-9-17/h5-14,26H,4,15H2,1-3H3,(H,27,28). The van der Waals surface area contributed by atoms with Crippen molar-refractivity contribution in [1.82, 2.24) is 4.72 Å². The molecule has 3 aromatic carbocycles. The minimum Gasteiger partial charge on any atom is -0.497 e. The van der Waals surface area contributed by atoms with Crippen LogP contribution < -0.4 is 14.8 Å². The number of sulfonamides is 1. The Bertz CT molecular complexity index is 1230. The molecule has 0 aromatic heterocycles. The Balaban J connectivity index is 1.81. The number of hydrogen-bond donors (Lipinski definition) is 2. The van der Waals surface area contributed by atoms with Crippen LogP contribution in [0.3, 0.4) is 0 Å². The van der Waals surface area contributed by atoms with Gasteiger partial charge in [0.15, 0.2) is 0 Å². The predicted molar refractivity (Wildman–Crippen MR) is 122 cm³/mol. The van der Waals surface area contributed by atoms with E-state index in [2.05, 4.69) is 10.0 Å². The maximum absolute atomic E-state index is 14.4. The van der Waals surface area contributed by atoms with Crippen molar-refractivity contribution in [2.24, 2.45) is 0 Å². The minimum absolute atomic E-state index is 0.0360. The number of carbonyl (C=O) groups excluding carboxylic acids is 1. The van der Waals surface area contributed by atoms with Crippen LogP contribution in [0, 0.1) is 12.7 Å². The minimum atomic E-state index is -3.97. The van der Waals surface area contributed by atoms with E-state index in [4.69, 9.17) is 4.74 Å². The van der Waals surface area contributed by atoms with Crippen LogP contribution in [0.1, 0.15) is 34.0 Å². The summed E-state index contributed by atoms with van der Waals surface area (Å²) in [6, 6.07) is 15.7. The monoisotopic (exact) mass is 456 g/mol. The Hall–Kier alpha value is -3.23. The summed E-state index contributed by atoms with van der Waals surface area (Å²) >= 11 is 0. The van der Waals surface area contributed by atoms with Gasteiger partial charge in [0.25, 0.3) is 5.91 Å². The van der Waals surface area contributed by atoms with Gasteiger partial charge in [0.1, 0.15) is 11.6 Å². The predicted octanol–water partition coefficient (Wildman–Crippen LogP) is 4.44. The molecule has 3 rings (SSSR count). The van der Waals surface area contributed by atoms with Crippen molar-refractivity contribution < 1.29 is 22.3 Å². The Kier molecular flexibility index (Phi) is 7.27. The van der Waals surface area contributed by atoms with Gasteiger partial charge in [-0.15, -0.1) is 0 Å². The Morgan fingerprint density at radius 3 is 2.44 bits per heavy atom. The van der Waals surface area contributed by atoms with Gasteiger partial charge >= 0.3 is 0 Å². The fourth-order valence-corrected chi connectivity index (χ4v) is 4.28. The second kappa shape index (κ2) is 9.93. The third-order valence-corrected chi connectivity index (χ3v) is 6.50. The second-order valence-corrected chi connectivity index (χ2v) is 9.00. The number of rotatable bonds is 8. The lowest BCUT2D eigenvalue weighted by Crippen LogP contribution is -2.24. The molecule has 0 aliphatic heterocycles. The Morgan fingerprint density at radius 1 is 1.06 bits per heavy atom. The van der Waals surface area contributed by atoms with Gasteiger partial charge in [0.05, 0.1) is 17.6 Å². The van der Waals surface area contributed by atoms with Crippen LogP contribution in [-0.2, 0) is 23.0 Å². The van der Waals surface area contributed by atoms with Gasteiger partial charge < -0.3 is 10.1 Å². The van der Waals surface area contributed by atoms with Crippen molar-refractivity contribution in [2.75, 3.05) is 12.4 Å². The van der Waals surface area contributed by atoms with Gasteiger partial charge in [0.2, 0.25) is 10.0 Å². The first-order chi connectivity index (χ1) is 15.2. The highest BCUT2D eigenvalue weighted by molar-refractivity contribution is 7.89. The summed E-state index contributed by atoms with van der Waals surface area (Å²) in [5.41, 5.74) is 2.72. The number of nitrogens with one attached hydrogen (secondary N) is 2. The number of anilines is 1. The highest BCUT2D eigenvalue weighted by atomic mass is 32.2. The summed E-state index contributed by atoms with van der Waals surface area (Å²) < 4.78 is 47.5. The van der Waals surface area contributed by atoms with Gasteiger partial charge in [-0.05, 0) is 60.4 Å². The molecule has 0 radical (unpaired) electrons. The molecule has 32 heavy (non-hydrogen) atoms. The number of ether oxygens (including phenoxy) is 1. The molecule has 0 fully saturated rings. The Labute approximate surface area is 187 Å². The number of aryl methyl sites for hydroxylation is 2. The number of benzene rings is 3. The van der Waals surface area contributed by atoms with E-state index in [0.29, 0.717) is 17.9 Å². The Morgan fingerprint density at radius 2 is 1.78 bits per heavy atom. The summed E-state index contributed by atoms with van der Waals surface area (Å²) in [5.74, 6) is -0.854. The molecule has 168 valence electrons. The van der Waals surface area contributed by atoms with Crippen LogP contribution in [0.15, 0.2) is 65.6 Å². The van der Waals surface area contributed by atoms with E-state index in [1.807, 2.05) is 32.0 Å². The fraction of sp³-hybridized carbons (Fsp3) is 0.208. The number of carbonyl (C=O) groups is 1. The normalized spacial score (nSPS) is 11.2. The molecule has 0 aliphatic carbocycles. The second-order valence-electron chi connectivity index (χ2n) is 7.23. The van der Waals surface area contributed by atoms with E-state index >= 15 is 0 Å². The number of halogens is 1. The van der Waals surface area contributed by atoms with Crippen molar-refractivity contribution in [3.05, 3.63) is 88.7 Å². The first-order valence-corrected chi connectivity index (χ1v) is 11.6. The van der Waals surface area contributed by atoms with Crippen LogP contribution in [0.5, 0.6) is 5.75 Å². The topological polar surface area (TPSA) is 84.5 Å². The third-order valence-electron chi connectivity index (χ3n) is 5.10. The van der Waals surface area contributed by atoms with E-state index in [0.717, 1.165) is 34.9 Å². The summed E-state index contributed by atoms with van der Waals surface area (Å²) in [6.45, 7) is 3.83. The van der Waals surface area contributed by atoms with Crippen molar-refractivity contribution in [2.45, 2.75) is 31.7 Å². The van der Waals surface area contributed by atoms with Crippen LogP contribution in [-0.4, -0.2) is 21.4 Å². The van der Waals surface area contributed by atoms with Crippen molar-refractivity contribution in [3.8, 4) is 5.75 Å². The molecule has 0 unspecified atom stereocenters. The quantitative estimate of drug-likeness (QED) is 0.525. The molecule has 0 atom stereocenters. The lowest BCUT2D eigenvalue weighted by atomic mass is 10.1. The number of hydrogen-bond acceptors (Lipinski definition) is 4. The smallest absolute Gasteiger partial charge is 0.258 e.